The van der Waals surface area contributed by atoms with Crippen molar-refractivity contribution >= 4 is 21.6 Å². The molecule has 6 heteroatoms. The van der Waals surface area contributed by atoms with Crippen LogP contribution in [0.1, 0.15) is 56.1 Å². The van der Waals surface area contributed by atoms with Crippen LogP contribution < -0.4 is 9.62 Å². The maximum Gasteiger partial charge on any atom is 0.264 e. The Morgan fingerprint density at radius 2 is 1.50 bits per heavy atom. The van der Waals surface area contributed by atoms with Crippen molar-refractivity contribution in [2.75, 3.05) is 10.8 Å². The Morgan fingerprint density at radius 3 is 2.10 bits per heavy atom. The molecule has 0 bridgehead atoms. The average Bonchev–Trinajstić information content (AvgIpc) is 2.68. The van der Waals surface area contributed by atoms with E-state index in [-0.39, 0.29) is 23.4 Å². The van der Waals surface area contributed by atoms with Crippen molar-refractivity contribution < 1.29 is 13.2 Å². The van der Waals surface area contributed by atoms with Gasteiger partial charge in [0.15, 0.2) is 0 Å². The minimum atomic E-state index is -3.86. The van der Waals surface area contributed by atoms with Gasteiger partial charge in [-0.1, -0.05) is 56.4 Å². The molecule has 0 aromatic heterocycles. The number of hydrogen-bond acceptors (Lipinski definition) is 3. The molecule has 0 heterocycles. The standard InChI is InChI=1S/C24H32N2O3S/c1-19-15-20(2)17-22(16-19)26(30(28,29)23-13-9-6-10-14-23)18-24(27)25-21-11-7-4-3-5-8-12-21/h6,9-10,13-17,21H,3-5,7-8,11-12,18H2,1-2H3,(H,25,27). The van der Waals surface area contributed by atoms with Gasteiger partial charge < -0.3 is 5.32 Å². The highest BCUT2D eigenvalue weighted by Crippen LogP contribution is 2.26. The molecule has 0 saturated heterocycles. The highest BCUT2D eigenvalue weighted by Gasteiger charge is 2.28. The second-order valence-electron chi connectivity index (χ2n) is 8.28. The molecule has 0 radical (unpaired) electrons. The van der Waals surface area contributed by atoms with Crippen LogP contribution in [0, 0.1) is 13.8 Å². The Balaban J connectivity index is 1.86. The number of anilines is 1. The molecule has 2 aromatic rings. The predicted octanol–water partition coefficient (Wildman–Crippen LogP) is 4.73. The summed E-state index contributed by atoms with van der Waals surface area (Å²) in [7, 11) is -3.86. The smallest absolute Gasteiger partial charge is 0.264 e. The van der Waals surface area contributed by atoms with Crippen LogP contribution in [0.5, 0.6) is 0 Å². The molecular formula is C24H32N2O3S. The van der Waals surface area contributed by atoms with Gasteiger partial charge >= 0.3 is 0 Å². The number of carbonyl (C=O) groups excluding carboxylic acids is 1. The van der Waals surface area contributed by atoms with Gasteiger partial charge in [0.05, 0.1) is 10.6 Å². The lowest BCUT2D eigenvalue weighted by Crippen LogP contribution is -2.44. The SMILES string of the molecule is Cc1cc(C)cc(N(CC(=O)NC2CCCCCCC2)S(=O)(=O)c2ccccc2)c1. The first-order valence-electron chi connectivity index (χ1n) is 10.8. The van der Waals surface area contributed by atoms with E-state index in [0.29, 0.717) is 5.69 Å². The van der Waals surface area contributed by atoms with Gasteiger partial charge in [0.2, 0.25) is 5.91 Å². The number of aryl methyl sites for hydroxylation is 2. The van der Waals surface area contributed by atoms with Crippen LogP contribution in [-0.2, 0) is 14.8 Å². The summed E-state index contributed by atoms with van der Waals surface area (Å²) in [6.45, 7) is 3.63. The van der Waals surface area contributed by atoms with Crippen LogP contribution in [0.4, 0.5) is 5.69 Å². The van der Waals surface area contributed by atoms with Gasteiger partial charge in [0.25, 0.3) is 10.0 Å². The van der Waals surface area contributed by atoms with Crippen LogP contribution in [-0.4, -0.2) is 26.9 Å². The zero-order chi connectivity index (χ0) is 21.6. The summed E-state index contributed by atoms with van der Waals surface area (Å²) in [5, 5.41) is 3.09. The Hall–Kier alpha value is -2.34. The normalized spacial score (nSPS) is 15.8. The topological polar surface area (TPSA) is 66.5 Å². The minimum absolute atomic E-state index is 0.123. The predicted molar refractivity (Wildman–Crippen MR) is 121 cm³/mol. The Labute approximate surface area is 180 Å². The molecule has 0 unspecified atom stereocenters. The fourth-order valence-electron chi connectivity index (χ4n) is 4.13. The monoisotopic (exact) mass is 428 g/mol. The molecule has 1 N–H and O–H groups in total. The van der Waals surface area contributed by atoms with Crippen molar-refractivity contribution in [2.24, 2.45) is 0 Å². The summed E-state index contributed by atoms with van der Waals surface area (Å²) < 4.78 is 28.1. The van der Waals surface area contributed by atoms with Gasteiger partial charge in [-0.25, -0.2) is 8.42 Å². The Morgan fingerprint density at radius 1 is 0.933 bits per heavy atom. The van der Waals surface area contributed by atoms with Crippen molar-refractivity contribution in [2.45, 2.75) is 69.7 Å². The summed E-state index contributed by atoms with van der Waals surface area (Å²) >= 11 is 0. The van der Waals surface area contributed by atoms with Crippen molar-refractivity contribution in [1.29, 1.82) is 0 Å². The molecule has 1 aliphatic rings. The number of benzene rings is 2. The largest absolute Gasteiger partial charge is 0.352 e. The first-order valence-corrected chi connectivity index (χ1v) is 12.3. The first kappa shape index (κ1) is 22.3. The summed E-state index contributed by atoms with van der Waals surface area (Å²) in [4.78, 5) is 13.1. The van der Waals surface area contributed by atoms with Crippen molar-refractivity contribution in [3.63, 3.8) is 0 Å². The van der Waals surface area contributed by atoms with Gasteiger partial charge in [-0.2, -0.15) is 0 Å². The van der Waals surface area contributed by atoms with E-state index in [4.69, 9.17) is 0 Å². The van der Waals surface area contributed by atoms with Crippen LogP contribution in [0.2, 0.25) is 0 Å². The maximum absolute atomic E-state index is 13.4. The molecule has 0 spiro atoms. The zero-order valence-corrected chi connectivity index (χ0v) is 18.7. The van der Waals surface area contributed by atoms with Crippen LogP contribution in [0.3, 0.4) is 0 Å². The molecule has 30 heavy (non-hydrogen) atoms. The highest BCUT2D eigenvalue weighted by atomic mass is 32.2. The van der Waals surface area contributed by atoms with E-state index in [1.807, 2.05) is 32.0 Å². The molecule has 0 atom stereocenters. The number of nitrogens with one attached hydrogen (secondary N) is 1. The van der Waals surface area contributed by atoms with Crippen molar-refractivity contribution in [3.05, 3.63) is 59.7 Å². The number of carbonyl (C=O) groups is 1. The number of rotatable bonds is 6. The zero-order valence-electron chi connectivity index (χ0n) is 17.9. The molecule has 3 rings (SSSR count). The quantitative estimate of drug-likeness (QED) is 0.723. The van der Waals surface area contributed by atoms with Gasteiger partial charge in [0, 0.05) is 6.04 Å². The highest BCUT2D eigenvalue weighted by molar-refractivity contribution is 7.92. The molecule has 1 amide bonds. The van der Waals surface area contributed by atoms with E-state index in [0.717, 1.165) is 36.8 Å². The molecule has 5 nitrogen and oxygen atoms in total. The van der Waals surface area contributed by atoms with Gasteiger partial charge in [-0.05, 0) is 62.1 Å². The average molecular weight is 429 g/mol. The van der Waals surface area contributed by atoms with Gasteiger partial charge in [0.1, 0.15) is 6.54 Å². The lowest BCUT2D eigenvalue weighted by molar-refractivity contribution is -0.120. The summed E-state index contributed by atoms with van der Waals surface area (Å²) in [5.41, 5.74) is 2.43. The minimum Gasteiger partial charge on any atom is -0.352 e. The first-order chi connectivity index (χ1) is 14.4. The van der Waals surface area contributed by atoms with E-state index in [9.17, 15) is 13.2 Å². The van der Waals surface area contributed by atoms with Gasteiger partial charge in [-0.15, -0.1) is 0 Å². The van der Waals surface area contributed by atoms with E-state index in [1.165, 1.54) is 23.6 Å². The fourth-order valence-corrected chi connectivity index (χ4v) is 5.56. The molecule has 162 valence electrons. The van der Waals surface area contributed by atoms with Crippen LogP contribution in [0.15, 0.2) is 53.4 Å². The van der Waals surface area contributed by atoms with E-state index in [2.05, 4.69) is 5.32 Å². The van der Waals surface area contributed by atoms with Crippen molar-refractivity contribution in [3.8, 4) is 0 Å². The number of amides is 1. The number of hydrogen-bond donors (Lipinski definition) is 1. The van der Waals surface area contributed by atoms with Crippen LogP contribution >= 0.6 is 0 Å². The summed E-state index contributed by atoms with van der Waals surface area (Å²) in [6, 6.07) is 14.1. The Kier molecular flexibility index (Phi) is 7.53. The molecule has 1 aliphatic carbocycles. The third kappa shape index (κ3) is 5.85. The van der Waals surface area contributed by atoms with Crippen LogP contribution in [0.25, 0.3) is 0 Å². The van der Waals surface area contributed by atoms with Gasteiger partial charge in [-0.3, -0.25) is 9.10 Å². The fraction of sp³-hybridized carbons (Fsp3) is 0.458. The maximum atomic E-state index is 13.4. The molecule has 1 fully saturated rings. The molecule has 0 aliphatic heterocycles. The van der Waals surface area contributed by atoms with Crippen molar-refractivity contribution in [1.82, 2.24) is 5.32 Å². The molecule has 2 aromatic carbocycles. The summed E-state index contributed by atoms with van der Waals surface area (Å²) in [6.07, 6.45) is 7.78. The second kappa shape index (κ2) is 10.1. The second-order valence-corrected chi connectivity index (χ2v) is 10.1. The third-order valence-corrected chi connectivity index (χ3v) is 7.37. The third-order valence-electron chi connectivity index (χ3n) is 5.58. The molecular weight excluding hydrogens is 396 g/mol. The summed E-state index contributed by atoms with van der Waals surface area (Å²) in [5.74, 6) is -0.251. The van der Waals surface area contributed by atoms with E-state index < -0.39 is 10.0 Å². The number of nitrogens with zero attached hydrogens (tertiary/aromatic N) is 1. The Bertz CT molecular complexity index is 929. The van der Waals surface area contributed by atoms with E-state index in [1.54, 1.807) is 30.3 Å². The number of sulfonamides is 1. The molecule has 1 saturated carbocycles. The lowest BCUT2D eigenvalue weighted by atomic mass is 9.97. The lowest BCUT2D eigenvalue weighted by Gasteiger charge is -2.27. The van der Waals surface area contributed by atoms with E-state index >= 15 is 0 Å².